The lowest BCUT2D eigenvalue weighted by Crippen LogP contribution is -2.24. The minimum atomic E-state index is -0.767. The third-order valence-electron chi connectivity index (χ3n) is 1.89. The lowest BCUT2D eigenvalue weighted by molar-refractivity contribution is 0.278. The maximum Gasteiger partial charge on any atom is 0.250 e. The topological polar surface area (TPSA) is 34.1 Å². The van der Waals surface area contributed by atoms with Crippen molar-refractivity contribution < 1.29 is 13.5 Å². The van der Waals surface area contributed by atoms with E-state index in [2.05, 4.69) is 10.3 Å². The molecule has 90 valence electrons. The molecular formula is C11H16F2N2O. The Morgan fingerprint density at radius 1 is 1.44 bits per heavy atom. The molecule has 0 bridgehead atoms. The van der Waals surface area contributed by atoms with E-state index < -0.39 is 11.6 Å². The second kappa shape index (κ2) is 6.37. The molecule has 5 heteroatoms. The summed E-state index contributed by atoms with van der Waals surface area (Å²) >= 11 is 0. The molecular weight excluding hydrogens is 214 g/mol. The van der Waals surface area contributed by atoms with Crippen molar-refractivity contribution >= 4 is 0 Å². The average molecular weight is 230 g/mol. The third kappa shape index (κ3) is 4.53. The van der Waals surface area contributed by atoms with Gasteiger partial charge in [-0.15, -0.1) is 0 Å². The first-order valence-electron chi connectivity index (χ1n) is 5.27. The Labute approximate surface area is 93.8 Å². The molecule has 0 saturated carbocycles. The zero-order valence-electron chi connectivity index (χ0n) is 9.46. The highest BCUT2D eigenvalue weighted by molar-refractivity contribution is 5.13. The number of ether oxygens (including phenoxy) is 1. The molecule has 0 unspecified atom stereocenters. The molecule has 0 radical (unpaired) electrons. The van der Waals surface area contributed by atoms with E-state index >= 15 is 0 Å². The van der Waals surface area contributed by atoms with Crippen LogP contribution in [-0.4, -0.2) is 24.2 Å². The monoisotopic (exact) mass is 230 g/mol. The predicted molar refractivity (Wildman–Crippen MR) is 57.4 cm³/mol. The fraction of sp³-hybridized carbons (Fsp3) is 0.545. The largest absolute Gasteiger partial charge is 0.476 e. The van der Waals surface area contributed by atoms with Crippen molar-refractivity contribution in [2.75, 3.05) is 13.2 Å². The van der Waals surface area contributed by atoms with Crippen molar-refractivity contribution in [1.82, 2.24) is 10.3 Å². The number of hydrogen-bond donors (Lipinski definition) is 1. The first kappa shape index (κ1) is 12.8. The molecule has 1 N–H and O–H groups in total. The fourth-order valence-electron chi connectivity index (χ4n) is 1.14. The molecule has 16 heavy (non-hydrogen) atoms. The summed E-state index contributed by atoms with van der Waals surface area (Å²) in [5.41, 5.74) is 0. The summed E-state index contributed by atoms with van der Waals surface area (Å²) in [5.74, 6) is -1.62. The molecule has 1 heterocycles. The molecule has 1 aromatic heterocycles. The van der Waals surface area contributed by atoms with Gasteiger partial charge in [0.15, 0.2) is 5.82 Å². The Morgan fingerprint density at radius 3 is 2.81 bits per heavy atom. The van der Waals surface area contributed by atoms with Crippen molar-refractivity contribution in [2.24, 2.45) is 0 Å². The SMILES string of the molecule is CC(C)NCCCOc1ncc(F)cc1F. The van der Waals surface area contributed by atoms with Crippen LogP contribution in [0.2, 0.25) is 0 Å². The standard InChI is InChI=1S/C11H16F2N2O/c1-8(2)14-4-3-5-16-11-10(13)6-9(12)7-15-11/h6-8,14H,3-5H2,1-2H3. The van der Waals surface area contributed by atoms with E-state index in [4.69, 9.17) is 4.74 Å². The molecule has 1 aromatic rings. The highest BCUT2D eigenvalue weighted by atomic mass is 19.1. The zero-order valence-corrected chi connectivity index (χ0v) is 9.46. The normalized spacial score (nSPS) is 10.8. The van der Waals surface area contributed by atoms with E-state index in [1.54, 1.807) is 0 Å². The summed E-state index contributed by atoms with van der Waals surface area (Å²) in [5, 5.41) is 3.20. The van der Waals surface area contributed by atoms with Crippen LogP contribution in [-0.2, 0) is 0 Å². The Balaban J connectivity index is 2.27. The molecule has 0 saturated heterocycles. The van der Waals surface area contributed by atoms with E-state index in [-0.39, 0.29) is 5.88 Å². The van der Waals surface area contributed by atoms with E-state index in [9.17, 15) is 8.78 Å². The summed E-state index contributed by atoms with van der Waals surface area (Å²) in [7, 11) is 0. The Kier molecular flexibility index (Phi) is 5.11. The second-order valence-corrected chi connectivity index (χ2v) is 3.75. The zero-order chi connectivity index (χ0) is 12.0. The van der Waals surface area contributed by atoms with Gasteiger partial charge in [-0.1, -0.05) is 13.8 Å². The molecule has 3 nitrogen and oxygen atoms in total. The van der Waals surface area contributed by atoms with Gasteiger partial charge in [-0.2, -0.15) is 0 Å². The van der Waals surface area contributed by atoms with Crippen molar-refractivity contribution in [1.29, 1.82) is 0 Å². The number of pyridine rings is 1. The number of hydrogen-bond acceptors (Lipinski definition) is 3. The van der Waals surface area contributed by atoms with Crippen LogP contribution in [0.1, 0.15) is 20.3 Å². The van der Waals surface area contributed by atoms with E-state index in [0.29, 0.717) is 12.6 Å². The summed E-state index contributed by atoms with van der Waals surface area (Å²) in [6.07, 6.45) is 1.68. The lowest BCUT2D eigenvalue weighted by atomic mass is 10.3. The molecule has 0 aliphatic heterocycles. The second-order valence-electron chi connectivity index (χ2n) is 3.75. The minimum absolute atomic E-state index is 0.147. The van der Waals surface area contributed by atoms with Gasteiger partial charge < -0.3 is 10.1 Å². The van der Waals surface area contributed by atoms with Crippen molar-refractivity contribution in [3.63, 3.8) is 0 Å². The van der Waals surface area contributed by atoms with Gasteiger partial charge in [0.25, 0.3) is 5.88 Å². The number of nitrogens with one attached hydrogen (secondary N) is 1. The van der Waals surface area contributed by atoms with Crippen LogP contribution in [0.5, 0.6) is 5.88 Å². The predicted octanol–water partition coefficient (Wildman–Crippen LogP) is 2.13. The minimum Gasteiger partial charge on any atom is -0.476 e. The quantitative estimate of drug-likeness (QED) is 0.760. The molecule has 0 aromatic carbocycles. The van der Waals surface area contributed by atoms with Gasteiger partial charge in [0, 0.05) is 12.1 Å². The van der Waals surface area contributed by atoms with Crippen LogP contribution in [0.4, 0.5) is 8.78 Å². The maximum atomic E-state index is 13.0. The number of nitrogens with zero attached hydrogens (tertiary/aromatic N) is 1. The van der Waals surface area contributed by atoms with Crippen LogP contribution >= 0.6 is 0 Å². The highest BCUT2D eigenvalue weighted by Gasteiger charge is 2.05. The van der Waals surface area contributed by atoms with Gasteiger partial charge >= 0.3 is 0 Å². The van der Waals surface area contributed by atoms with Crippen LogP contribution in [0, 0.1) is 11.6 Å². The Hall–Kier alpha value is -1.23. The summed E-state index contributed by atoms with van der Waals surface area (Å²) < 4.78 is 30.6. The van der Waals surface area contributed by atoms with Gasteiger partial charge in [-0.3, -0.25) is 0 Å². The highest BCUT2D eigenvalue weighted by Crippen LogP contribution is 2.13. The van der Waals surface area contributed by atoms with Crippen molar-refractivity contribution in [3.8, 4) is 5.88 Å². The molecule has 0 aliphatic rings. The van der Waals surface area contributed by atoms with Gasteiger partial charge in [0.1, 0.15) is 5.82 Å². The van der Waals surface area contributed by atoms with Crippen molar-refractivity contribution in [3.05, 3.63) is 23.9 Å². The van der Waals surface area contributed by atoms with E-state index in [1.807, 2.05) is 13.8 Å². The molecule has 0 spiro atoms. The maximum absolute atomic E-state index is 13.0. The van der Waals surface area contributed by atoms with Crippen LogP contribution < -0.4 is 10.1 Å². The molecule has 0 atom stereocenters. The number of rotatable bonds is 6. The van der Waals surface area contributed by atoms with Crippen LogP contribution in [0.15, 0.2) is 12.3 Å². The molecule has 0 amide bonds. The number of halogens is 2. The molecule has 1 rings (SSSR count). The number of aromatic nitrogens is 1. The van der Waals surface area contributed by atoms with Crippen LogP contribution in [0.3, 0.4) is 0 Å². The van der Waals surface area contributed by atoms with Crippen LogP contribution in [0.25, 0.3) is 0 Å². The fourth-order valence-corrected chi connectivity index (χ4v) is 1.14. The Morgan fingerprint density at radius 2 is 2.19 bits per heavy atom. The summed E-state index contributed by atoms with van der Waals surface area (Å²) in [6, 6.07) is 1.18. The molecule has 0 fully saturated rings. The van der Waals surface area contributed by atoms with Crippen molar-refractivity contribution in [2.45, 2.75) is 26.3 Å². The lowest BCUT2D eigenvalue weighted by Gasteiger charge is -2.08. The smallest absolute Gasteiger partial charge is 0.250 e. The van der Waals surface area contributed by atoms with Gasteiger partial charge in [-0.05, 0) is 13.0 Å². The first-order chi connectivity index (χ1) is 7.59. The third-order valence-corrected chi connectivity index (χ3v) is 1.89. The summed E-state index contributed by atoms with van der Waals surface area (Å²) in [6.45, 7) is 5.24. The van der Waals surface area contributed by atoms with E-state index in [0.717, 1.165) is 25.2 Å². The average Bonchev–Trinajstić information content (AvgIpc) is 2.20. The van der Waals surface area contributed by atoms with Gasteiger partial charge in [0.05, 0.1) is 12.8 Å². The molecule has 0 aliphatic carbocycles. The van der Waals surface area contributed by atoms with Gasteiger partial charge in [-0.25, -0.2) is 13.8 Å². The van der Waals surface area contributed by atoms with Gasteiger partial charge in [0.2, 0.25) is 0 Å². The Bertz CT molecular complexity index is 332. The van der Waals surface area contributed by atoms with E-state index in [1.165, 1.54) is 0 Å². The first-order valence-corrected chi connectivity index (χ1v) is 5.27. The summed E-state index contributed by atoms with van der Waals surface area (Å²) in [4.78, 5) is 3.52.